The third kappa shape index (κ3) is 6.87. The summed E-state index contributed by atoms with van der Waals surface area (Å²) in [5.74, 6) is 6.27. The number of ether oxygens (including phenoxy) is 4. The summed E-state index contributed by atoms with van der Waals surface area (Å²) in [6.07, 6.45) is 0. The first kappa shape index (κ1) is 42.0. The summed E-state index contributed by atoms with van der Waals surface area (Å²) < 4.78 is 28.6. The second-order valence-electron chi connectivity index (χ2n) is 20.9. The molecule has 4 heterocycles. The van der Waals surface area contributed by atoms with E-state index in [2.05, 4.69) is 221 Å². The van der Waals surface area contributed by atoms with E-state index in [1.165, 1.54) is 11.1 Å². The number of rotatable bonds is 6. The predicted octanol–water partition coefficient (Wildman–Crippen LogP) is 12.7. The van der Waals surface area contributed by atoms with Crippen LogP contribution in [0.5, 0.6) is 46.0 Å². The average Bonchev–Trinajstić information content (AvgIpc) is 3.36. The molecule has 0 saturated carbocycles. The van der Waals surface area contributed by atoms with Crippen molar-refractivity contribution in [3.63, 3.8) is 0 Å². The second-order valence-corrected chi connectivity index (χ2v) is 20.9. The molecule has 13 rings (SSSR count). The van der Waals surface area contributed by atoms with Gasteiger partial charge in [0.1, 0.15) is 46.0 Å². The maximum atomic E-state index is 7.22. The molecule has 8 heteroatoms. The Morgan fingerprint density at radius 2 is 0.586 bits per heavy atom. The lowest BCUT2D eigenvalue weighted by molar-refractivity contribution is 0.451. The molecular weight excluding hydrogens is 858 g/mol. The summed E-state index contributed by atoms with van der Waals surface area (Å²) in [4.78, 5) is 4.53. The van der Waals surface area contributed by atoms with Crippen LogP contribution in [0.4, 0.5) is 34.1 Å². The van der Waals surface area contributed by atoms with Crippen molar-refractivity contribution in [1.29, 1.82) is 0 Å². The first-order valence-corrected chi connectivity index (χ1v) is 24.3. The van der Waals surface area contributed by atoms with E-state index < -0.39 is 0 Å². The van der Waals surface area contributed by atoms with Gasteiger partial charge in [0.05, 0.1) is 11.4 Å². The minimum absolute atomic E-state index is 0.0828. The quantitative estimate of drug-likeness (QED) is 0.155. The van der Waals surface area contributed by atoms with Gasteiger partial charge in [-0.2, -0.15) is 0 Å². The van der Waals surface area contributed by atoms with Crippen LogP contribution >= 0.6 is 0 Å². The highest BCUT2D eigenvalue weighted by Crippen LogP contribution is 2.46. The summed E-state index contributed by atoms with van der Waals surface area (Å²) in [6, 6.07) is 68.6. The Bertz CT molecular complexity index is 3230. The molecule has 0 aromatic heterocycles. The highest BCUT2D eigenvalue weighted by atomic mass is 16.5. The molecule has 0 radical (unpaired) electrons. The van der Waals surface area contributed by atoms with Crippen LogP contribution in [0.25, 0.3) is 0 Å². The molecule has 4 aliphatic rings. The third-order valence-electron chi connectivity index (χ3n) is 14.4. The van der Waals surface area contributed by atoms with Gasteiger partial charge in [-0.25, -0.2) is 0 Å². The number of benzene rings is 9. The van der Waals surface area contributed by atoms with Gasteiger partial charge in [0.2, 0.25) is 0 Å². The Kier molecular flexibility index (Phi) is 9.45. The van der Waals surface area contributed by atoms with E-state index in [1.54, 1.807) is 0 Å². The Morgan fingerprint density at radius 3 is 0.886 bits per heavy atom. The van der Waals surface area contributed by atoms with Crippen LogP contribution < -0.4 is 61.5 Å². The van der Waals surface area contributed by atoms with E-state index >= 15 is 0 Å². The number of anilines is 6. The van der Waals surface area contributed by atoms with Crippen LogP contribution in [0.3, 0.4) is 0 Å². The van der Waals surface area contributed by atoms with Crippen molar-refractivity contribution in [3.8, 4) is 46.0 Å². The van der Waals surface area contributed by atoms with E-state index in [9.17, 15) is 0 Å². The van der Waals surface area contributed by atoms with Gasteiger partial charge in [0.15, 0.2) is 0 Å². The topological polar surface area (TPSA) is 43.4 Å². The summed E-state index contributed by atoms with van der Waals surface area (Å²) in [5, 5.41) is 0. The molecule has 0 bridgehead atoms. The lowest BCUT2D eigenvalue weighted by Crippen LogP contribution is -2.61. The zero-order valence-corrected chi connectivity index (χ0v) is 40.2. The maximum Gasteiger partial charge on any atom is 0.260 e. The average molecular weight is 909 g/mol. The van der Waals surface area contributed by atoms with E-state index in [0.717, 1.165) is 113 Å². The van der Waals surface area contributed by atoms with Crippen LogP contribution in [0.2, 0.25) is 0 Å². The molecule has 6 nitrogen and oxygen atoms in total. The van der Waals surface area contributed by atoms with Gasteiger partial charge >= 0.3 is 0 Å². The number of nitrogens with zero attached hydrogens (tertiary/aromatic N) is 2. The Labute approximate surface area is 410 Å². The van der Waals surface area contributed by atoms with Crippen LogP contribution in [-0.4, -0.2) is 13.4 Å². The van der Waals surface area contributed by atoms with Crippen molar-refractivity contribution < 1.29 is 18.9 Å². The van der Waals surface area contributed by atoms with E-state index in [1.807, 2.05) is 24.3 Å². The second kappa shape index (κ2) is 15.7. The van der Waals surface area contributed by atoms with Crippen LogP contribution in [0, 0.1) is 0 Å². The first-order chi connectivity index (χ1) is 33.9. The lowest BCUT2D eigenvalue weighted by atomic mass is 9.31. The van der Waals surface area contributed by atoms with Crippen molar-refractivity contribution in [2.24, 2.45) is 0 Å². The van der Waals surface area contributed by atoms with Crippen molar-refractivity contribution in [2.75, 3.05) is 9.80 Å². The number of hydrogen-bond acceptors (Lipinski definition) is 6. The van der Waals surface area contributed by atoms with Crippen LogP contribution in [0.1, 0.15) is 52.7 Å². The normalized spacial score (nSPS) is 13.4. The van der Waals surface area contributed by atoms with Crippen LogP contribution in [-0.2, 0) is 10.8 Å². The number of para-hydroxylation sites is 4. The first-order valence-electron chi connectivity index (χ1n) is 24.3. The van der Waals surface area contributed by atoms with Gasteiger partial charge in [-0.3, -0.25) is 0 Å². The minimum Gasteiger partial charge on any atom is -0.458 e. The summed E-state index contributed by atoms with van der Waals surface area (Å²) >= 11 is 0. The molecule has 0 atom stereocenters. The van der Waals surface area contributed by atoms with Crippen molar-refractivity contribution in [2.45, 2.75) is 52.4 Å². The van der Waals surface area contributed by atoms with Gasteiger partial charge in [0.25, 0.3) is 13.4 Å². The Balaban J connectivity index is 1.02. The molecule has 9 aromatic carbocycles. The molecule has 0 fully saturated rings. The maximum absolute atomic E-state index is 7.22. The molecule has 0 amide bonds. The largest absolute Gasteiger partial charge is 0.458 e. The van der Waals surface area contributed by atoms with Crippen molar-refractivity contribution >= 4 is 80.3 Å². The molecule has 70 heavy (non-hydrogen) atoms. The molecular formula is C62H50B2N2O4. The smallest absolute Gasteiger partial charge is 0.260 e. The number of hydrogen-bond donors (Lipinski definition) is 0. The van der Waals surface area contributed by atoms with E-state index in [4.69, 9.17) is 18.9 Å². The molecule has 4 aliphatic heterocycles. The van der Waals surface area contributed by atoms with E-state index in [0.29, 0.717) is 0 Å². The van der Waals surface area contributed by atoms with E-state index in [-0.39, 0.29) is 24.3 Å². The Morgan fingerprint density at radius 1 is 0.286 bits per heavy atom. The predicted molar refractivity (Wildman–Crippen MR) is 289 cm³/mol. The van der Waals surface area contributed by atoms with Gasteiger partial charge < -0.3 is 28.7 Å². The molecule has 0 spiro atoms. The number of fused-ring (bicyclic) bond motifs is 8. The molecule has 9 aromatic rings. The monoisotopic (exact) mass is 908 g/mol. The lowest BCUT2D eigenvalue weighted by Gasteiger charge is -2.38. The molecule has 0 N–H and O–H groups in total. The van der Waals surface area contributed by atoms with Crippen molar-refractivity contribution in [1.82, 2.24) is 0 Å². The van der Waals surface area contributed by atoms with Gasteiger partial charge in [-0.15, -0.1) is 0 Å². The minimum atomic E-state index is -0.177. The van der Waals surface area contributed by atoms with Gasteiger partial charge in [-0.05, 0) is 104 Å². The molecule has 0 aliphatic carbocycles. The SMILES string of the molecule is CC(C)(C)c1ccc2c(c1)Oc1cc(N(c3ccccc3)c3ccccc3)cc3c1B2c1cc2c(cc1O3)Oc1cc(N(c3ccccc3)c3ccccc3)cc3c1B2c1ccc(C(C)(C)C)cc1O3. The fourth-order valence-corrected chi connectivity index (χ4v) is 10.9. The highest BCUT2D eigenvalue weighted by molar-refractivity contribution is 7.01. The van der Waals surface area contributed by atoms with Crippen LogP contribution in [0.15, 0.2) is 194 Å². The standard InChI is InChI=1S/C62H50B2N2O4/c1-61(2,3)39-27-29-47-51(31-39)67-55-33-45(65(41-19-11-7-12-20-41)42-21-13-8-14-22-42)35-57-59(55)63(47)49-37-50-54(38-53(49)69-57)70-58-36-46(66(43-23-15-9-16-24-43)44-25-17-10-18-26-44)34-56-60(58)64(50)48-30-28-40(62(4,5)6)32-52(48)68-56/h7-38H,1-6H3. The fourth-order valence-electron chi connectivity index (χ4n) is 10.9. The molecule has 338 valence electrons. The summed E-state index contributed by atoms with van der Waals surface area (Å²) in [7, 11) is 0. The third-order valence-corrected chi connectivity index (χ3v) is 14.4. The molecule has 0 unspecified atom stereocenters. The summed E-state index contributed by atoms with van der Waals surface area (Å²) in [5.41, 5.74) is 14.6. The van der Waals surface area contributed by atoms with Gasteiger partial charge in [-0.1, -0.05) is 145 Å². The van der Waals surface area contributed by atoms with Gasteiger partial charge in [0, 0.05) is 64.0 Å². The zero-order valence-electron chi connectivity index (χ0n) is 40.2. The highest BCUT2D eigenvalue weighted by Gasteiger charge is 2.46. The fraction of sp³-hybridized carbons (Fsp3) is 0.129. The zero-order chi connectivity index (χ0) is 47.5. The summed E-state index contributed by atoms with van der Waals surface area (Å²) in [6.45, 7) is 13.2. The molecule has 0 saturated heterocycles. The van der Waals surface area contributed by atoms with Crippen molar-refractivity contribution in [3.05, 3.63) is 205 Å². The Hall–Kier alpha value is -8.09.